The molecule has 66 valence electrons. The van der Waals surface area contributed by atoms with Gasteiger partial charge in [0.25, 0.3) is 0 Å². The maximum atomic E-state index is 11.6. The fourth-order valence-electron chi connectivity index (χ4n) is 4.24. The monoisotopic (exact) mass is 164 g/mol. The van der Waals surface area contributed by atoms with Gasteiger partial charge in [0.1, 0.15) is 5.78 Å². The third-order valence-electron chi connectivity index (χ3n) is 5.16. The van der Waals surface area contributed by atoms with Crippen LogP contribution in [-0.2, 0) is 4.79 Å². The molecule has 5 unspecified atom stereocenters. The molecule has 5 atom stereocenters. The molecule has 3 aliphatic rings. The highest BCUT2D eigenvalue weighted by Crippen LogP contribution is 2.67. The van der Waals surface area contributed by atoms with Gasteiger partial charge in [-0.1, -0.05) is 13.8 Å². The highest BCUT2D eigenvalue weighted by atomic mass is 16.1. The van der Waals surface area contributed by atoms with E-state index in [4.69, 9.17) is 0 Å². The van der Waals surface area contributed by atoms with Gasteiger partial charge in [-0.25, -0.2) is 0 Å². The van der Waals surface area contributed by atoms with Gasteiger partial charge in [-0.15, -0.1) is 0 Å². The number of hydrogen-bond acceptors (Lipinski definition) is 1. The van der Waals surface area contributed by atoms with Crippen LogP contribution in [0.1, 0.15) is 33.1 Å². The molecule has 3 fully saturated rings. The van der Waals surface area contributed by atoms with E-state index in [1.54, 1.807) is 0 Å². The molecule has 0 saturated heterocycles. The first kappa shape index (κ1) is 7.11. The predicted molar refractivity (Wildman–Crippen MR) is 46.6 cm³/mol. The van der Waals surface area contributed by atoms with E-state index in [0.717, 1.165) is 24.2 Å². The molecule has 0 aromatic heterocycles. The van der Waals surface area contributed by atoms with Crippen molar-refractivity contribution in [2.45, 2.75) is 33.1 Å². The van der Waals surface area contributed by atoms with Gasteiger partial charge in [0.05, 0.1) is 0 Å². The predicted octanol–water partition coefficient (Wildman–Crippen LogP) is 2.26. The second-order valence-corrected chi connectivity index (χ2v) is 5.38. The summed E-state index contributed by atoms with van der Waals surface area (Å²) in [5, 5.41) is 0. The molecule has 0 amide bonds. The standard InChI is InChI=1S/C11H16O/c1-6-7-3-8-9(4-7)11(6,2)5-10(8)12/h6-9H,3-5H2,1-2H3. The minimum Gasteiger partial charge on any atom is -0.299 e. The van der Waals surface area contributed by atoms with Gasteiger partial charge >= 0.3 is 0 Å². The molecule has 0 spiro atoms. The van der Waals surface area contributed by atoms with E-state index >= 15 is 0 Å². The fraction of sp³-hybridized carbons (Fsp3) is 0.909. The second-order valence-electron chi connectivity index (χ2n) is 5.38. The molecule has 0 aromatic carbocycles. The molecule has 0 aliphatic heterocycles. The van der Waals surface area contributed by atoms with Crippen molar-refractivity contribution < 1.29 is 4.79 Å². The van der Waals surface area contributed by atoms with Crippen LogP contribution in [0.4, 0.5) is 0 Å². The van der Waals surface area contributed by atoms with Crippen LogP contribution in [0.5, 0.6) is 0 Å². The third-order valence-corrected chi connectivity index (χ3v) is 5.16. The first-order valence-corrected chi connectivity index (χ1v) is 5.15. The molecule has 3 saturated carbocycles. The van der Waals surface area contributed by atoms with Gasteiger partial charge in [-0.2, -0.15) is 0 Å². The summed E-state index contributed by atoms with van der Waals surface area (Å²) < 4.78 is 0. The van der Waals surface area contributed by atoms with Gasteiger partial charge in [0.15, 0.2) is 0 Å². The van der Waals surface area contributed by atoms with Crippen molar-refractivity contribution in [3.05, 3.63) is 0 Å². The summed E-state index contributed by atoms with van der Waals surface area (Å²) in [4.78, 5) is 11.6. The van der Waals surface area contributed by atoms with Crippen LogP contribution in [0, 0.1) is 29.1 Å². The SMILES string of the molecule is CC1C2CC3C(=O)CC1(C)C3C2. The molecular weight excluding hydrogens is 148 g/mol. The van der Waals surface area contributed by atoms with Crippen molar-refractivity contribution in [1.29, 1.82) is 0 Å². The maximum absolute atomic E-state index is 11.6. The van der Waals surface area contributed by atoms with Crippen LogP contribution >= 0.6 is 0 Å². The Labute approximate surface area is 73.5 Å². The Hall–Kier alpha value is -0.330. The topological polar surface area (TPSA) is 17.1 Å². The Morgan fingerprint density at radius 1 is 1.42 bits per heavy atom. The number of rotatable bonds is 0. The van der Waals surface area contributed by atoms with Crippen molar-refractivity contribution in [2.75, 3.05) is 0 Å². The third kappa shape index (κ3) is 0.541. The van der Waals surface area contributed by atoms with Crippen molar-refractivity contribution in [3.8, 4) is 0 Å². The summed E-state index contributed by atoms with van der Waals surface area (Å²) in [7, 11) is 0. The minimum absolute atomic E-state index is 0.407. The smallest absolute Gasteiger partial charge is 0.136 e. The Bertz CT molecular complexity index is 258. The molecule has 1 heteroatoms. The summed E-state index contributed by atoms with van der Waals surface area (Å²) in [6.45, 7) is 4.71. The lowest BCUT2D eigenvalue weighted by atomic mass is 9.70. The second kappa shape index (κ2) is 1.78. The van der Waals surface area contributed by atoms with Crippen molar-refractivity contribution in [2.24, 2.45) is 29.1 Å². The summed E-state index contributed by atoms with van der Waals surface area (Å²) in [5.41, 5.74) is 0.407. The Kier molecular flexibility index (Phi) is 1.06. The first-order chi connectivity index (χ1) is 5.63. The number of ketones is 1. The van der Waals surface area contributed by atoms with E-state index in [0.29, 0.717) is 17.1 Å². The highest BCUT2D eigenvalue weighted by Gasteiger charge is 2.64. The summed E-state index contributed by atoms with van der Waals surface area (Å²) in [6.07, 6.45) is 3.47. The van der Waals surface area contributed by atoms with Gasteiger partial charge < -0.3 is 0 Å². The highest BCUT2D eigenvalue weighted by molar-refractivity contribution is 5.85. The molecule has 3 aliphatic carbocycles. The molecule has 2 bridgehead atoms. The Morgan fingerprint density at radius 2 is 2.17 bits per heavy atom. The van der Waals surface area contributed by atoms with E-state index in [1.807, 2.05) is 0 Å². The van der Waals surface area contributed by atoms with Crippen molar-refractivity contribution in [3.63, 3.8) is 0 Å². The number of hydrogen-bond donors (Lipinski definition) is 0. The number of carbonyl (C=O) groups excluding carboxylic acids is 1. The summed E-state index contributed by atoms with van der Waals surface area (Å²) in [6, 6.07) is 0. The molecule has 0 N–H and O–H groups in total. The quantitative estimate of drug-likeness (QED) is 0.536. The van der Waals surface area contributed by atoms with Crippen LogP contribution in [0.3, 0.4) is 0 Å². The molecular formula is C11H16O. The maximum Gasteiger partial charge on any atom is 0.136 e. The van der Waals surface area contributed by atoms with E-state index in [2.05, 4.69) is 13.8 Å². The Morgan fingerprint density at radius 3 is 2.75 bits per heavy atom. The van der Waals surface area contributed by atoms with Crippen molar-refractivity contribution in [1.82, 2.24) is 0 Å². The van der Waals surface area contributed by atoms with Gasteiger partial charge in [-0.05, 0) is 36.0 Å². The number of fused-ring (bicyclic) bond motifs is 1. The van der Waals surface area contributed by atoms with Gasteiger partial charge in [0, 0.05) is 12.3 Å². The minimum atomic E-state index is 0.407. The fourth-order valence-corrected chi connectivity index (χ4v) is 4.24. The number of Topliss-reactive ketones (excluding diaryl/α,β-unsaturated/α-hetero) is 1. The van der Waals surface area contributed by atoms with Crippen LogP contribution in [-0.4, -0.2) is 5.78 Å². The Balaban J connectivity index is 2.11. The zero-order valence-electron chi connectivity index (χ0n) is 7.84. The summed E-state index contributed by atoms with van der Waals surface area (Å²) >= 11 is 0. The molecule has 0 aromatic rings. The molecule has 0 radical (unpaired) electrons. The van der Waals surface area contributed by atoms with E-state index in [-0.39, 0.29) is 0 Å². The van der Waals surface area contributed by atoms with E-state index in [1.165, 1.54) is 12.8 Å². The summed E-state index contributed by atoms with van der Waals surface area (Å²) in [5.74, 6) is 3.53. The van der Waals surface area contributed by atoms with Crippen LogP contribution in [0.15, 0.2) is 0 Å². The zero-order chi connectivity index (χ0) is 8.51. The molecule has 1 nitrogen and oxygen atoms in total. The molecule has 12 heavy (non-hydrogen) atoms. The van der Waals surface area contributed by atoms with E-state index < -0.39 is 0 Å². The lowest BCUT2D eigenvalue weighted by Gasteiger charge is -2.34. The van der Waals surface area contributed by atoms with Gasteiger partial charge in [-0.3, -0.25) is 4.79 Å². The van der Waals surface area contributed by atoms with E-state index in [9.17, 15) is 4.79 Å². The van der Waals surface area contributed by atoms with Crippen LogP contribution < -0.4 is 0 Å². The normalized spacial score (nSPS) is 61.7. The average molecular weight is 164 g/mol. The largest absolute Gasteiger partial charge is 0.299 e. The van der Waals surface area contributed by atoms with Crippen LogP contribution in [0.25, 0.3) is 0 Å². The lowest BCUT2D eigenvalue weighted by molar-refractivity contribution is -0.121. The van der Waals surface area contributed by atoms with Crippen molar-refractivity contribution >= 4 is 5.78 Å². The first-order valence-electron chi connectivity index (χ1n) is 5.15. The lowest BCUT2D eigenvalue weighted by Crippen LogP contribution is -2.29. The number of carbonyl (C=O) groups is 1. The zero-order valence-corrected chi connectivity index (χ0v) is 7.84. The molecule has 0 heterocycles. The average Bonchev–Trinajstić information content (AvgIpc) is 2.56. The van der Waals surface area contributed by atoms with Gasteiger partial charge in [0.2, 0.25) is 0 Å². The van der Waals surface area contributed by atoms with Crippen LogP contribution in [0.2, 0.25) is 0 Å². The molecule has 3 rings (SSSR count).